The van der Waals surface area contributed by atoms with Crippen molar-refractivity contribution in [1.29, 1.82) is 0 Å². The van der Waals surface area contributed by atoms with Crippen LogP contribution in [0.4, 0.5) is 0 Å². The summed E-state index contributed by atoms with van der Waals surface area (Å²) in [5.41, 5.74) is 0.619. The van der Waals surface area contributed by atoms with E-state index >= 15 is 0 Å². The minimum absolute atomic E-state index is 0.285. The molecule has 5 heteroatoms. The van der Waals surface area contributed by atoms with Gasteiger partial charge in [-0.1, -0.05) is 0 Å². The van der Waals surface area contributed by atoms with Crippen molar-refractivity contribution in [3.63, 3.8) is 0 Å². The Morgan fingerprint density at radius 1 is 1.32 bits per heavy atom. The molecule has 0 atom stereocenters. The zero-order valence-electron chi connectivity index (χ0n) is 10.5. The van der Waals surface area contributed by atoms with Crippen LogP contribution in [0.15, 0.2) is 23.2 Å². The average Bonchev–Trinajstić information content (AvgIpc) is 2.84. The van der Waals surface area contributed by atoms with E-state index in [1.165, 1.54) is 37.9 Å². The van der Waals surface area contributed by atoms with Crippen LogP contribution in [-0.4, -0.2) is 14.5 Å². The molecule has 4 saturated carbocycles. The van der Waals surface area contributed by atoms with Crippen LogP contribution in [0.3, 0.4) is 0 Å². The maximum absolute atomic E-state index is 5.52. The highest BCUT2D eigenvalue weighted by molar-refractivity contribution is 14.1. The summed E-state index contributed by atoms with van der Waals surface area (Å²) >= 11 is 2.34. The first-order valence-corrected chi connectivity index (χ1v) is 7.93. The molecule has 0 N–H and O–H groups in total. The van der Waals surface area contributed by atoms with Crippen LogP contribution in [0.2, 0.25) is 0 Å². The third-order valence-corrected chi connectivity index (χ3v) is 5.63. The van der Waals surface area contributed by atoms with Crippen LogP contribution >= 0.6 is 22.6 Å². The van der Waals surface area contributed by atoms with E-state index in [0.29, 0.717) is 5.54 Å². The van der Waals surface area contributed by atoms with Gasteiger partial charge < -0.3 is 8.98 Å². The molecule has 2 aromatic rings. The molecular weight excluding hydrogens is 353 g/mol. The molecule has 0 aliphatic heterocycles. The lowest BCUT2D eigenvalue weighted by atomic mass is 9.38. The number of hydrogen-bond donors (Lipinski definition) is 0. The maximum atomic E-state index is 5.52. The summed E-state index contributed by atoms with van der Waals surface area (Å²) in [6.45, 7) is 0. The SMILES string of the molecule is Ic1cn(C23CC(c4cnco4)(C2)C3)c(C2CC2)n1. The summed E-state index contributed by atoms with van der Waals surface area (Å²) in [5, 5.41) is 0. The summed E-state index contributed by atoms with van der Waals surface area (Å²) in [6, 6.07) is 0. The minimum Gasteiger partial charge on any atom is -0.448 e. The number of hydrogen-bond acceptors (Lipinski definition) is 3. The molecule has 0 saturated heterocycles. The second-order valence-corrected chi connectivity index (χ2v) is 7.57. The maximum Gasteiger partial charge on any atom is 0.180 e. The number of imidazole rings is 1. The molecule has 2 heterocycles. The van der Waals surface area contributed by atoms with Gasteiger partial charge >= 0.3 is 0 Å². The lowest BCUT2D eigenvalue weighted by molar-refractivity contribution is -0.136. The highest BCUT2D eigenvalue weighted by Gasteiger charge is 2.71. The van der Waals surface area contributed by atoms with Crippen LogP contribution in [0.25, 0.3) is 0 Å². The Labute approximate surface area is 124 Å². The van der Waals surface area contributed by atoms with E-state index in [4.69, 9.17) is 9.40 Å². The van der Waals surface area contributed by atoms with Gasteiger partial charge in [-0.05, 0) is 54.7 Å². The lowest BCUT2D eigenvalue weighted by Gasteiger charge is -2.70. The normalized spacial score (nSPS) is 35.8. The monoisotopic (exact) mass is 367 g/mol. The molecule has 2 aromatic heterocycles. The first kappa shape index (κ1) is 10.9. The smallest absolute Gasteiger partial charge is 0.180 e. The predicted octanol–water partition coefficient (Wildman–Crippen LogP) is 3.18. The molecule has 4 aliphatic carbocycles. The molecule has 2 bridgehead atoms. The Bertz CT molecular complexity index is 637. The second-order valence-electron chi connectivity index (χ2n) is 6.47. The zero-order chi connectivity index (χ0) is 12.7. The topological polar surface area (TPSA) is 43.9 Å². The number of rotatable bonds is 3. The minimum atomic E-state index is 0.285. The van der Waals surface area contributed by atoms with Gasteiger partial charge in [0.1, 0.15) is 15.3 Å². The first-order valence-electron chi connectivity index (χ1n) is 6.85. The van der Waals surface area contributed by atoms with Crippen LogP contribution in [0.5, 0.6) is 0 Å². The largest absolute Gasteiger partial charge is 0.448 e. The third-order valence-electron chi connectivity index (χ3n) is 5.11. The zero-order valence-corrected chi connectivity index (χ0v) is 12.6. The molecule has 4 fully saturated rings. The van der Waals surface area contributed by atoms with Gasteiger partial charge in [0.05, 0.1) is 6.20 Å². The summed E-state index contributed by atoms with van der Waals surface area (Å²) in [6.07, 6.45) is 11.9. The Hall–Kier alpha value is -0.850. The fourth-order valence-electron chi connectivity index (χ4n) is 4.10. The van der Waals surface area contributed by atoms with E-state index in [2.05, 4.69) is 38.3 Å². The molecule has 6 rings (SSSR count). The average molecular weight is 367 g/mol. The quantitative estimate of drug-likeness (QED) is 0.783. The number of nitrogens with zero attached hydrogens (tertiary/aromatic N) is 3. The summed E-state index contributed by atoms with van der Waals surface area (Å²) in [4.78, 5) is 8.81. The van der Waals surface area contributed by atoms with Gasteiger partial charge in [0.25, 0.3) is 0 Å². The molecular formula is C14H14IN3O. The number of halogens is 1. The van der Waals surface area contributed by atoms with E-state index in [-0.39, 0.29) is 5.41 Å². The van der Waals surface area contributed by atoms with Crippen LogP contribution in [0, 0.1) is 3.70 Å². The summed E-state index contributed by atoms with van der Waals surface area (Å²) < 4.78 is 9.14. The lowest BCUT2D eigenvalue weighted by Crippen LogP contribution is -2.70. The standard InChI is InChI=1S/C14H14IN3O/c15-11-4-18(12(17-11)9-1-2-9)14-5-13(6-14,7-14)10-3-16-8-19-10/h3-4,8-9H,1-2,5-7H2. The number of oxazole rings is 1. The van der Waals surface area contributed by atoms with Gasteiger partial charge in [-0.2, -0.15) is 0 Å². The van der Waals surface area contributed by atoms with Gasteiger partial charge in [-0.3, -0.25) is 0 Å². The Morgan fingerprint density at radius 3 is 2.74 bits per heavy atom. The Kier molecular flexibility index (Phi) is 1.86. The molecule has 0 unspecified atom stereocenters. The van der Waals surface area contributed by atoms with E-state index in [9.17, 15) is 0 Å². The van der Waals surface area contributed by atoms with Crippen molar-refractivity contribution >= 4 is 22.6 Å². The van der Waals surface area contributed by atoms with Gasteiger partial charge in [0.15, 0.2) is 6.39 Å². The molecule has 4 aliphatic rings. The van der Waals surface area contributed by atoms with Crippen LogP contribution < -0.4 is 0 Å². The Morgan fingerprint density at radius 2 is 2.11 bits per heavy atom. The fourth-order valence-corrected chi connectivity index (χ4v) is 4.63. The third kappa shape index (κ3) is 1.29. The van der Waals surface area contributed by atoms with E-state index < -0.39 is 0 Å². The van der Waals surface area contributed by atoms with Gasteiger partial charge in [0, 0.05) is 23.1 Å². The molecule has 0 radical (unpaired) electrons. The van der Waals surface area contributed by atoms with Crippen molar-refractivity contribution in [3.8, 4) is 0 Å². The van der Waals surface area contributed by atoms with E-state index in [1.54, 1.807) is 6.39 Å². The highest BCUT2D eigenvalue weighted by atomic mass is 127. The first-order chi connectivity index (χ1) is 9.21. The number of aromatic nitrogens is 3. The molecule has 98 valence electrons. The van der Waals surface area contributed by atoms with Crippen molar-refractivity contribution in [2.24, 2.45) is 0 Å². The fraction of sp³-hybridized carbons (Fsp3) is 0.571. The summed E-state index contributed by atoms with van der Waals surface area (Å²) in [5.74, 6) is 3.13. The van der Waals surface area contributed by atoms with Crippen LogP contribution in [-0.2, 0) is 11.0 Å². The van der Waals surface area contributed by atoms with Crippen molar-refractivity contribution in [1.82, 2.24) is 14.5 Å². The van der Waals surface area contributed by atoms with Gasteiger partial charge in [0.2, 0.25) is 0 Å². The van der Waals surface area contributed by atoms with Crippen molar-refractivity contribution in [2.45, 2.75) is 49.0 Å². The van der Waals surface area contributed by atoms with Crippen molar-refractivity contribution in [3.05, 3.63) is 34.1 Å². The van der Waals surface area contributed by atoms with E-state index in [0.717, 1.165) is 15.4 Å². The molecule has 0 amide bonds. The second kappa shape index (κ2) is 3.24. The van der Waals surface area contributed by atoms with Gasteiger partial charge in [-0.15, -0.1) is 0 Å². The van der Waals surface area contributed by atoms with Gasteiger partial charge in [-0.25, -0.2) is 9.97 Å². The summed E-state index contributed by atoms with van der Waals surface area (Å²) in [7, 11) is 0. The molecule has 0 aromatic carbocycles. The Balaban J connectivity index is 1.48. The molecule has 4 nitrogen and oxygen atoms in total. The highest BCUT2D eigenvalue weighted by Crippen LogP contribution is 2.72. The molecule has 0 spiro atoms. The van der Waals surface area contributed by atoms with E-state index in [1.807, 2.05) is 6.20 Å². The molecule has 19 heavy (non-hydrogen) atoms. The van der Waals surface area contributed by atoms with Crippen LogP contribution in [0.1, 0.15) is 49.6 Å². The predicted molar refractivity (Wildman–Crippen MR) is 76.9 cm³/mol. The van der Waals surface area contributed by atoms with Crippen molar-refractivity contribution < 1.29 is 4.42 Å². The van der Waals surface area contributed by atoms with Crippen molar-refractivity contribution in [2.75, 3.05) is 0 Å².